The Kier molecular flexibility index (Phi) is 5.71. The molecule has 0 atom stereocenters. The van der Waals surface area contributed by atoms with Crippen LogP contribution >= 0.6 is 23.6 Å². The molecule has 1 aromatic heterocycles. The molecule has 1 aliphatic carbocycles. The van der Waals surface area contributed by atoms with E-state index in [1.807, 2.05) is 12.1 Å². The molecule has 1 aromatic carbocycles. The number of hydrogen-bond donors (Lipinski definition) is 2. The molecular weight excluding hydrogens is 352 g/mol. The molecule has 1 heterocycles. The number of ether oxygens (including phenoxy) is 1. The summed E-state index contributed by atoms with van der Waals surface area (Å²) in [7, 11) is 0. The fourth-order valence-corrected chi connectivity index (χ4v) is 4.54. The van der Waals surface area contributed by atoms with Crippen molar-refractivity contribution in [1.82, 2.24) is 5.32 Å². The number of rotatable bonds is 5. The Balaban J connectivity index is 1.70. The van der Waals surface area contributed by atoms with Crippen LogP contribution in [-0.2, 0) is 10.3 Å². The summed E-state index contributed by atoms with van der Waals surface area (Å²) in [4.78, 5) is 13.2. The quantitative estimate of drug-likeness (QED) is 0.588. The van der Waals surface area contributed by atoms with Gasteiger partial charge >= 0.3 is 5.97 Å². The topological polar surface area (TPSA) is 50.4 Å². The average Bonchev–Trinajstić information content (AvgIpc) is 3.27. The van der Waals surface area contributed by atoms with Crippen LogP contribution in [0.3, 0.4) is 0 Å². The van der Waals surface area contributed by atoms with Crippen molar-refractivity contribution in [1.29, 1.82) is 0 Å². The number of hydrogen-bond acceptors (Lipinski definition) is 4. The second-order valence-electron chi connectivity index (χ2n) is 6.15. The first-order valence-electron chi connectivity index (χ1n) is 8.53. The van der Waals surface area contributed by atoms with E-state index in [1.54, 1.807) is 30.4 Å². The standard InChI is InChI=1S/C19H22N2O2S2/c1-2-23-17(22)14-7-5-8-15(13-14)20-18(24)21-19(10-3-4-11-19)16-9-6-12-25-16/h5-9,12-13H,2-4,10-11H2,1H3,(H2,20,21,24). The molecule has 6 heteroatoms. The molecule has 0 spiro atoms. The number of carbonyl (C=O) groups is 1. The first-order chi connectivity index (χ1) is 12.1. The fraction of sp³-hybridized carbons (Fsp3) is 0.368. The summed E-state index contributed by atoms with van der Waals surface area (Å²) in [5.74, 6) is -0.323. The zero-order chi connectivity index (χ0) is 17.7. The molecule has 0 amide bonds. The van der Waals surface area contributed by atoms with Gasteiger partial charge < -0.3 is 15.4 Å². The molecule has 0 unspecified atom stereocenters. The van der Waals surface area contributed by atoms with Gasteiger partial charge in [-0.2, -0.15) is 0 Å². The van der Waals surface area contributed by atoms with E-state index in [1.165, 1.54) is 17.7 Å². The molecule has 0 aliphatic heterocycles. The molecule has 4 nitrogen and oxygen atoms in total. The maximum atomic E-state index is 11.9. The average molecular weight is 375 g/mol. The third kappa shape index (κ3) is 4.19. The first kappa shape index (κ1) is 17.9. The summed E-state index contributed by atoms with van der Waals surface area (Å²) >= 11 is 7.31. The Morgan fingerprint density at radius 3 is 2.76 bits per heavy atom. The molecule has 3 rings (SSSR count). The molecule has 0 saturated heterocycles. The van der Waals surface area contributed by atoms with Crippen LogP contribution in [0.1, 0.15) is 47.8 Å². The Morgan fingerprint density at radius 1 is 1.28 bits per heavy atom. The monoisotopic (exact) mass is 374 g/mol. The molecule has 1 aliphatic rings. The van der Waals surface area contributed by atoms with E-state index in [0.29, 0.717) is 17.3 Å². The molecule has 132 valence electrons. The summed E-state index contributed by atoms with van der Waals surface area (Å²) in [5, 5.41) is 9.43. The molecule has 0 radical (unpaired) electrons. The van der Waals surface area contributed by atoms with Crippen LogP contribution in [0.25, 0.3) is 0 Å². The lowest BCUT2D eigenvalue weighted by Crippen LogP contribution is -2.45. The van der Waals surface area contributed by atoms with Crippen LogP contribution in [0.2, 0.25) is 0 Å². The van der Waals surface area contributed by atoms with Gasteiger partial charge in [-0.05, 0) is 61.6 Å². The smallest absolute Gasteiger partial charge is 0.338 e. The highest BCUT2D eigenvalue weighted by Gasteiger charge is 2.37. The molecule has 0 bridgehead atoms. The summed E-state index contributed by atoms with van der Waals surface area (Å²) in [6, 6.07) is 11.5. The van der Waals surface area contributed by atoms with E-state index >= 15 is 0 Å². The predicted octanol–water partition coefficient (Wildman–Crippen LogP) is 4.68. The maximum absolute atomic E-state index is 11.9. The van der Waals surface area contributed by atoms with E-state index in [2.05, 4.69) is 28.1 Å². The van der Waals surface area contributed by atoms with Gasteiger partial charge in [0.1, 0.15) is 0 Å². The molecule has 1 fully saturated rings. The molecule has 1 saturated carbocycles. The summed E-state index contributed by atoms with van der Waals surface area (Å²) in [6.07, 6.45) is 4.56. The summed E-state index contributed by atoms with van der Waals surface area (Å²) in [6.45, 7) is 2.16. The van der Waals surface area contributed by atoms with Crippen LogP contribution in [0.4, 0.5) is 5.69 Å². The number of nitrogens with one attached hydrogen (secondary N) is 2. The van der Waals surface area contributed by atoms with Crippen molar-refractivity contribution in [3.8, 4) is 0 Å². The summed E-state index contributed by atoms with van der Waals surface area (Å²) < 4.78 is 5.05. The van der Waals surface area contributed by atoms with Gasteiger partial charge in [-0.3, -0.25) is 0 Å². The van der Waals surface area contributed by atoms with Gasteiger partial charge in [0.05, 0.1) is 17.7 Å². The maximum Gasteiger partial charge on any atom is 0.338 e. The Morgan fingerprint density at radius 2 is 2.08 bits per heavy atom. The predicted molar refractivity (Wildman–Crippen MR) is 106 cm³/mol. The van der Waals surface area contributed by atoms with Crippen molar-refractivity contribution in [3.63, 3.8) is 0 Å². The van der Waals surface area contributed by atoms with Crippen molar-refractivity contribution >= 4 is 40.3 Å². The van der Waals surface area contributed by atoms with E-state index in [4.69, 9.17) is 17.0 Å². The minimum Gasteiger partial charge on any atom is -0.462 e. The van der Waals surface area contributed by atoms with Crippen LogP contribution in [-0.4, -0.2) is 17.7 Å². The SMILES string of the molecule is CCOC(=O)c1cccc(NC(=S)NC2(c3cccs3)CCCC2)c1. The highest BCUT2D eigenvalue weighted by molar-refractivity contribution is 7.80. The molecule has 25 heavy (non-hydrogen) atoms. The van der Waals surface area contributed by atoms with Gasteiger partial charge in [0, 0.05) is 10.6 Å². The van der Waals surface area contributed by atoms with Crippen LogP contribution in [0, 0.1) is 0 Å². The van der Waals surface area contributed by atoms with Gasteiger partial charge in [0.25, 0.3) is 0 Å². The van der Waals surface area contributed by atoms with Gasteiger partial charge in [0.2, 0.25) is 0 Å². The molecular formula is C19H22N2O2S2. The number of thiophene rings is 1. The molecule has 2 aromatic rings. The Bertz CT molecular complexity index is 738. The second kappa shape index (κ2) is 7.97. The zero-order valence-corrected chi connectivity index (χ0v) is 15.8. The third-order valence-electron chi connectivity index (χ3n) is 4.43. The highest BCUT2D eigenvalue weighted by atomic mass is 32.1. The normalized spacial score (nSPS) is 15.6. The highest BCUT2D eigenvalue weighted by Crippen LogP contribution is 2.40. The number of anilines is 1. The van der Waals surface area contributed by atoms with Gasteiger partial charge in [-0.15, -0.1) is 11.3 Å². The molecule has 2 N–H and O–H groups in total. The first-order valence-corrected chi connectivity index (χ1v) is 9.82. The fourth-order valence-electron chi connectivity index (χ4n) is 3.28. The van der Waals surface area contributed by atoms with Crippen molar-refractivity contribution in [2.45, 2.75) is 38.1 Å². The van der Waals surface area contributed by atoms with Crippen molar-refractivity contribution in [2.75, 3.05) is 11.9 Å². The van der Waals surface area contributed by atoms with Crippen molar-refractivity contribution in [2.24, 2.45) is 0 Å². The van der Waals surface area contributed by atoms with Gasteiger partial charge in [0.15, 0.2) is 5.11 Å². The third-order valence-corrected chi connectivity index (χ3v) is 5.71. The van der Waals surface area contributed by atoms with E-state index < -0.39 is 0 Å². The number of thiocarbonyl (C=S) groups is 1. The second-order valence-corrected chi connectivity index (χ2v) is 7.50. The van der Waals surface area contributed by atoms with E-state index in [0.717, 1.165) is 18.5 Å². The lowest BCUT2D eigenvalue weighted by atomic mass is 9.96. The minimum atomic E-state index is -0.323. The Hall–Kier alpha value is -1.92. The number of benzene rings is 1. The Labute approximate surface area is 157 Å². The van der Waals surface area contributed by atoms with E-state index in [-0.39, 0.29) is 11.5 Å². The van der Waals surface area contributed by atoms with Gasteiger partial charge in [-0.25, -0.2) is 4.79 Å². The van der Waals surface area contributed by atoms with Crippen LogP contribution in [0.15, 0.2) is 41.8 Å². The lowest BCUT2D eigenvalue weighted by Gasteiger charge is -2.31. The number of carbonyl (C=O) groups excluding carboxylic acids is 1. The van der Waals surface area contributed by atoms with E-state index in [9.17, 15) is 4.79 Å². The minimum absolute atomic E-state index is 0.0724. The summed E-state index contributed by atoms with van der Waals surface area (Å²) in [5.41, 5.74) is 1.22. The van der Waals surface area contributed by atoms with Crippen molar-refractivity contribution < 1.29 is 9.53 Å². The van der Waals surface area contributed by atoms with Crippen molar-refractivity contribution in [3.05, 3.63) is 52.2 Å². The van der Waals surface area contributed by atoms with Gasteiger partial charge in [-0.1, -0.05) is 25.0 Å². The lowest BCUT2D eigenvalue weighted by molar-refractivity contribution is 0.0526. The van der Waals surface area contributed by atoms with Crippen LogP contribution in [0.5, 0.6) is 0 Å². The largest absolute Gasteiger partial charge is 0.462 e. The van der Waals surface area contributed by atoms with Crippen LogP contribution < -0.4 is 10.6 Å². The zero-order valence-electron chi connectivity index (χ0n) is 14.2. The number of esters is 1.